The van der Waals surface area contributed by atoms with Crippen molar-refractivity contribution in [3.8, 4) is 0 Å². The molecule has 0 aromatic heterocycles. The molecule has 1 aliphatic rings. The first-order valence-corrected chi connectivity index (χ1v) is 6.12. The Morgan fingerprint density at radius 2 is 2.23 bits per heavy atom. The maximum absolute atomic E-state index is 11.1. The van der Waals surface area contributed by atoms with Crippen LogP contribution >= 0.6 is 0 Å². The quantitative estimate of drug-likeness (QED) is 0.716. The molecule has 0 saturated heterocycles. The first-order chi connectivity index (χ1) is 6.04. The highest BCUT2D eigenvalue weighted by molar-refractivity contribution is 7.94. The Labute approximate surface area is 78.7 Å². The number of rotatable bonds is 2. The van der Waals surface area contributed by atoms with Gasteiger partial charge in [-0.25, -0.2) is 8.42 Å². The highest BCUT2D eigenvalue weighted by Crippen LogP contribution is 2.15. The Morgan fingerprint density at radius 1 is 1.54 bits per heavy atom. The van der Waals surface area contributed by atoms with Gasteiger partial charge >= 0.3 is 0 Å². The number of nitrogens with one attached hydrogen (secondary N) is 1. The van der Waals surface area contributed by atoms with Gasteiger partial charge in [-0.15, -0.1) is 0 Å². The molecular weight excluding hydrogens is 188 g/mol. The molecule has 0 spiro atoms. The molecule has 1 N–H and O–H groups in total. The molecule has 0 aromatic rings. The third-order valence-electron chi connectivity index (χ3n) is 1.83. The third kappa shape index (κ3) is 2.84. The van der Waals surface area contributed by atoms with Gasteiger partial charge < -0.3 is 5.32 Å². The van der Waals surface area contributed by atoms with Crippen molar-refractivity contribution < 1.29 is 8.42 Å². The van der Waals surface area contributed by atoms with Crippen LogP contribution in [-0.4, -0.2) is 27.1 Å². The number of hydrogen-bond acceptors (Lipinski definition) is 3. The summed E-state index contributed by atoms with van der Waals surface area (Å²) in [5.74, 6) is 0.870. The average molecular weight is 202 g/mol. The molecule has 0 amide bonds. The molecule has 0 atom stereocenters. The Hall–Kier alpha value is -0.840. The van der Waals surface area contributed by atoms with Crippen LogP contribution in [0.3, 0.4) is 0 Å². The van der Waals surface area contributed by atoms with E-state index in [2.05, 4.69) is 10.3 Å². The van der Waals surface area contributed by atoms with E-state index >= 15 is 0 Å². The molecule has 74 valence electrons. The summed E-state index contributed by atoms with van der Waals surface area (Å²) in [5, 5.41) is 2.89. The average Bonchev–Trinajstić information content (AvgIpc) is 2.04. The van der Waals surface area contributed by atoms with Crippen LogP contribution in [0, 0.1) is 0 Å². The summed E-state index contributed by atoms with van der Waals surface area (Å²) >= 11 is 0. The van der Waals surface area contributed by atoms with E-state index in [1.54, 1.807) is 0 Å². The fourth-order valence-electron chi connectivity index (χ4n) is 1.16. The van der Waals surface area contributed by atoms with Gasteiger partial charge in [-0.1, -0.05) is 0 Å². The second-order valence-electron chi connectivity index (χ2n) is 2.95. The molecule has 13 heavy (non-hydrogen) atoms. The van der Waals surface area contributed by atoms with Gasteiger partial charge in [0.05, 0.1) is 4.91 Å². The van der Waals surface area contributed by atoms with E-state index in [9.17, 15) is 8.42 Å². The Balaban J connectivity index is 2.75. The molecule has 5 heteroatoms. The Kier molecular flexibility index (Phi) is 3.08. The number of amidine groups is 1. The van der Waals surface area contributed by atoms with Crippen molar-refractivity contribution in [2.45, 2.75) is 19.8 Å². The molecule has 0 aliphatic carbocycles. The first-order valence-electron chi connectivity index (χ1n) is 4.23. The zero-order valence-corrected chi connectivity index (χ0v) is 8.69. The Bertz CT molecular complexity index is 341. The van der Waals surface area contributed by atoms with Crippen molar-refractivity contribution in [2.24, 2.45) is 4.99 Å². The maximum atomic E-state index is 11.1. The van der Waals surface area contributed by atoms with E-state index in [1.165, 1.54) is 12.5 Å². The summed E-state index contributed by atoms with van der Waals surface area (Å²) in [6, 6.07) is 0. The zero-order chi connectivity index (χ0) is 9.90. The monoisotopic (exact) mass is 202 g/mol. The molecule has 1 rings (SSSR count). The van der Waals surface area contributed by atoms with Crippen LogP contribution in [0.4, 0.5) is 0 Å². The van der Waals surface area contributed by atoms with E-state index in [4.69, 9.17) is 0 Å². The summed E-state index contributed by atoms with van der Waals surface area (Å²) < 4.78 is 22.2. The summed E-state index contributed by atoms with van der Waals surface area (Å²) in [6.45, 7) is 2.68. The topological polar surface area (TPSA) is 58.5 Å². The smallest absolute Gasteiger partial charge is 0.173 e. The summed E-state index contributed by atoms with van der Waals surface area (Å²) in [4.78, 5) is 4.63. The standard InChI is InChI=1S/C8H14N2O2S/c1-3-9-8-5-4-7(6-10-8)13(2,11)12/h6H,3-5H2,1-2H3,(H,9,10). The minimum absolute atomic E-state index is 0.461. The van der Waals surface area contributed by atoms with Crippen molar-refractivity contribution in [1.82, 2.24) is 5.32 Å². The van der Waals surface area contributed by atoms with Crippen molar-refractivity contribution in [3.05, 3.63) is 11.1 Å². The van der Waals surface area contributed by atoms with Gasteiger partial charge in [-0.3, -0.25) is 4.99 Å². The van der Waals surface area contributed by atoms with E-state index < -0.39 is 9.84 Å². The van der Waals surface area contributed by atoms with Crippen LogP contribution in [-0.2, 0) is 9.84 Å². The van der Waals surface area contributed by atoms with Crippen LogP contribution in [0.1, 0.15) is 19.8 Å². The molecule has 0 aromatic carbocycles. The van der Waals surface area contributed by atoms with E-state index in [0.717, 1.165) is 12.4 Å². The summed E-state index contributed by atoms with van der Waals surface area (Å²) in [6.07, 6.45) is 4.01. The lowest BCUT2D eigenvalue weighted by Crippen LogP contribution is -2.24. The predicted molar refractivity (Wildman–Crippen MR) is 53.3 cm³/mol. The zero-order valence-electron chi connectivity index (χ0n) is 7.87. The van der Waals surface area contributed by atoms with Gasteiger partial charge in [0.25, 0.3) is 0 Å². The molecule has 1 aliphatic heterocycles. The highest BCUT2D eigenvalue weighted by atomic mass is 32.2. The summed E-state index contributed by atoms with van der Waals surface area (Å²) in [7, 11) is -3.02. The number of sulfone groups is 1. The second-order valence-corrected chi connectivity index (χ2v) is 5.02. The van der Waals surface area contributed by atoms with Crippen molar-refractivity contribution in [1.29, 1.82) is 0 Å². The van der Waals surface area contributed by atoms with E-state index in [-0.39, 0.29) is 0 Å². The molecule has 0 fully saturated rings. The van der Waals surface area contributed by atoms with Crippen LogP contribution < -0.4 is 5.32 Å². The van der Waals surface area contributed by atoms with Crippen molar-refractivity contribution in [2.75, 3.05) is 12.8 Å². The molecular formula is C8H14N2O2S. The molecule has 4 nitrogen and oxygen atoms in total. The van der Waals surface area contributed by atoms with Crippen molar-refractivity contribution in [3.63, 3.8) is 0 Å². The summed E-state index contributed by atoms with van der Waals surface area (Å²) in [5.41, 5.74) is 0. The van der Waals surface area contributed by atoms with Gasteiger partial charge in [0.2, 0.25) is 0 Å². The minimum Gasteiger partial charge on any atom is -0.349 e. The molecule has 0 saturated carbocycles. The number of allylic oxidation sites excluding steroid dienone is 1. The number of nitrogens with zero attached hydrogens (tertiary/aromatic N) is 1. The van der Waals surface area contributed by atoms with Gasteiger partial charge in [0.1, 0.15) is 5.84 Å². The van der Waals surface area contributed by atoms with Crippen LogP contribution in [0.25, 0.3) is 0 Å². The highest BCUT2D eigenvalue weighted by Gasteiger charge is 2.16. The molecule has 0 radical (unpaired) electrons. The van der Waals surface area contributed by atoms with Crippen LogP contribution in [0.2, 0.25) is 0 Å². The van der Waals surface area contributed by atoms with Crippen LogP contribution in [0.5, 0.6) is 0 Å². The minimum atomic E-state index is -3.02. The fraction of sp³-hybridized carbons (Fsp3) is 0.625. The van der Waals surface area contributed by atoms with Gasteiger partial charge in [-0.2, -0.15) is 0 Å². The predicted octanol–water partition coefficient (Wildman–Crippen LogP) is 0.674. The number of hydrogen-bond donors (Lipinski definition) is 1. The maximum Gasteiger partial charge on any atom is 0.173 e. The normalized spacial score (nSPS) is 21.1. The first kappa shape index (κ1) is 10.2. The van der Waals surface area contributed by atoms with Gasteiger partial charge in [-0.05, 0) is 13.3 Å². The molecule has 1 heterocycles. The fourth-order valence-corrected chi connectivity index (χ4v) is 1.90. The second kappa shape index (κ2) is 3.91. The number of aliphatic imine (C=N–C) groups is 1. The lowest BCUT2D eigenvalue weighted by Gasteiger charge is -2.14. The van der Waals surface area contributed by atoms with Crippen molar-refractivity contribution >= 4 is 15.7 Å². The molecule has 0 bridgehead atoms. The lowest BCUT2D eigenvalue weighted by atomic mass is 10.2. The largest absolute Gasteiger partial charge is 0.349 e. The Morgan fingerprint density at radius 3 is 2.62 bits per heavy atom. The molecule has 0 unspecified atom stereocenters. The van der Waals surface area contributed by atoms with Gasteiger partial charge in [0, 0.05) is 25.4 Å². The lowest BCUT2D eigenvalue weighted by molar-refractivity contribution is 0.605. The van der Waals surface area contributed by atoms with Gasteiger partial charge in [0.15, 0.2) is 9.84 Å². The SMILES string of the molecule is CCN=C1CCC(S(C)(=O)=O)=CN1. The third-order valence-corrected chi connectivity index (χ3v) is 3.11. The van der Waals surface area contributed by atoms with Crippen LogP contribution in [0.15, 0.2) is 16.1 Å². The van der Waals surface area contributed by atoms with E-state index in [1.807, 2.05) is 6.92 Å². The van der Waals surface area contributed by atoms with E-state index in [0.29, 0.717) is 17.7 Å².